The van der Waals surface area contributed by atoms with Gasteiger partial charge in [0.25, 0.3) is 5.91 Å². The van der Waals surface area contributed by atoms with E-state index in [1.54, 1.807) is 10.9 Å². The van der Waals surface area contributed by atoms with E-state index in [0.717, 1.165) is 12.8 Å². The average molecular weight is 258 g/mol. The van der Waals surface area contributed by atoms with E-state index in [2.05, 4.69) is 23.2 Å². The Morgan fingerprint density at radius 3 is 3.06 bits per heavy atom. The van der Waals surface area contributed by atoms with Crippen LogP contribution >= 0.6 is 11.3 Å². The third-order valence-electron chi connectivity index (χ3n) is 3.54. The second-order valence-corrected chi connectivity index (χ2v) is 5.26. The smallest absolute Gasteiger partial charge is 0.273 e. The molecule has 0 bridgehead atoms. The van der Waals surface area contributed by atoms with Gasteiger partial charge in [0, 0.05) is 12.4 Å². The van der Waals surface area contributed by atoms with Crippen LogP contribution in [0.3, 0.4) is 0 Å². The molecule has 0 N–H and O–H groups in total. The maximum atomic E-state index is 12.3. The van der Waals surface area contributed by atoms with Gasteiger partial charge in [-0.2, -0.15) is 0 Å². The van der Waals surface area contributed by atoms with Crippen molar-refractivity contribution in [1.29, 1.82) is 0 Å². The lowest BCUT2D eigenvalue weighted by atomic mass is 10.1. The summed E-state index contributed by atoms with van der Waals surface area (Å²) in [5.41, 5.74) is 4.89. The molecular weight excluding hydrogens is 244 g/mol. The van der Waals surface area contributed by atoms with Crippen molar-refractivity contribution in [2.45, 2.75) is 18.9 Å². The van der Waals surface area contributed by atoms with Crippen molar-refractivity contribution in [1.82, 2.24) is 9.88 Å². The van der Waals surface area contributed by atoms with E-state index in [4.69, 9.17) is 0 Å². The Morgan fingerprint density at radius 1 is 1.44 bits per heavy atom. The predicted octanol–water partition coefficient (Wildman–Crippen LogP) is 2.90. The molecule has 92 valence electrons. The molecule has 3 nitrogen and oxygen atoms in total. The highest BCUT2D eigenvalue weighted by atomic mass is 32.1. The Morgan fingerprint density at radius 2 is 2.28 bits per heavy atom. The minimum atomic E-state index is 0.0120. The van der Waals surface area contributed by atoms with Crippen molar-refractivity contribution < 1.29 is 4.79 Å². The van der Waals surface area contributed by atoms with Crippen molar-refractivity contribution >= 4 is 17.2 Å². The first-order valence-electron chi connectivity index (χ1n) is 6.00. The Hall–Kier alpha value is -1.68. The Balaban J connectivity index is 1.87. The average Bonchev–Trinajstić information content (AvgIpc) is 3.06. The van der Waals surface area contributed by atoms with Crippen LogP contribution in [-0.4, -0.2) is 22.8 Å². The standard InChI is InChI=1S/C14H14N2OS/c1-16(14(17)12-8-18-9-15-12)13-7-6-10-4-2-3-5-11(10)13/h2-5,8-9,13H,6-7H2,1H3. The molecule has 0 radical (unpaired) electrons. The lowest BCUT2D eigenvalue weighted by Gasteiger charge is -2.24. The van der Waals surface area contributed by atoms with E-state index < -0.39 is 0 Å². The minimum absolute atomic E-state index is 0.0120. The highest BCUT2D eigenvalue weighted by Gasteiger charge is 2.29. The van der Waals surface area contributed by atoms with Crippen LogP contribution in [0.5, 0.6) is 0 Å². The largest absolute Gasteiger partial charge is 0.333 e. The number of aromatic nitrogens is 1. The summed E-state index contributed by atoms with van der Waals surface area (Å²) in [5.74, 6) is 0.0120. The number of thiazole rings is 1. The van der Waals surface area contributed by atoms with Gasteiger partial charge in [0.05, 0.1) is 11.6 Å². The topological polar surface area (TPSA) is 33.2 Å². The molecule has 0 fully saturated rings. The van der Waals surface area contributed by atoms with E-state index in [-0.39, 0.29) is 11.9 Å². The summed E-state index contributed by atoms with van der Waals surface area (Å²) in [6.45, 7) is 0. The highest BCUT2D eigenvalue weighted by molar-refractivity contribution is 7.07. The van der Waals surface area contributed by atoms with Crippen LogP contribution in [0.25, 0.3) is 0 Å². The van der Waals surface area contributed by atoms with Crippen LogP contribution in [0.1, 0.15) is 34.1 Å². The summed E-state index contributed by atoms with van der Waals surface area (Å²) in [4.78, 5) is 18.2. The van der Waals surface area contributed by atoms with Gasteiger partial charge in [-0.3, -0.25) is 4.79 Å². The molecule has 0 saturated heterocycles. The summed E-state index contributed by atoms with van der Waals surface area (Å²) >= 11 is 1.45. The first-order chi connectivity index (χ1) is 8.77. The zero-order chi connectivity index (χ0) is 12.5. The predicted molar refractivity (Wildman–Crippen MR) is 71.7 cm³/mol. The van der Waals surface area contributed by atoms with Gasteiger partial charge >= 0.3 is 0 Å². The number of rotatable bonds is 2. The van der Waals surface area contributed by atoms with Crippen LogP contribution in [0.2, 0.25) is 0 Å². The van der Waals surface area contributed by atoms with Crippen molar-refractivity contribution in [2.24, 2.45) is 0 Å². The number of carbonyl (C=O) groups excluding carboxylic acids is 1. The summed E-state index contributed by atoms with van der Waals surface area (Å²) in [7, 11) is 1.87. The van der Waals surface area contributed by atoms with Gasteiger partial charge in [0.15, 0.2) is 0 Å². The summed E-state index contributed by atoms with van der Waals surface area (Å²) in [6, 6.07) is 8.56. The fourth-order valence-corrected chi connectivity index (χ4v) is 3.10. The molecule has 2 aromatic rings. The molecule has 0 saturated carbocycles. The first kappa shape index (κ1) is 11.4. The fraction of sp³-hybridized carbons (Fsp3) is 0.286. The van der Waals surface area contributed by atoms with Gasteiger partial charge in [-0.05, 0) is 24.0 Å². The number of carbonyl (C=O) groups is 1. The minimum Gasteiger partial charge on any atom is -0.333 e. The monoisotopic (exact) mass is 258 g/mol. The lowest BCUT2D eigenvalue weighted by molar-refractivity contribution is 0.0725. The molecule has 0 aliphatic heterocycles. The first-order valence-corrected chi connectivity index (χ1v) is 6.95. The molecule has 1 unspecified atom stereocenters. The molecule has 1 aliphatic rings. The third-order valence-corrected chi connectivity index (χ3v) is 4.13. The van der Waals surface area contributed by atoms with Gasteiger partial charge < -0.3 is 4.90 Å². The van der Waals surface area contributed by atoms with E-state index in [1.807, 2.05) is 18.0 Å². The summed E-state index contributed by atoms with van der Waals surface area (Å²) in [6.07, 6.45) is 2.06. The SMILES string of the molecule is CN(C(=O)c1cscn1)C1CCc2ccccc21. The molecule has 1 aliphatic carbocycles. The van der Waals surface area contributed by atoms with Gasteiger partial charge in [0.1, 0.15) is 5.69 Å². The molecule has 1 aromatic heterocycles. The second kappa shape index (κ2) is 4.53. The van der Waals surface area contributed by atoms with Crippen LogP contribution in [0.15, 0.2) is 35.2 Å². The Kier molecular flexibility index (Phi) is 2.88. The Bertz CT molecular complexity index is 565. The van der Waals surface area contributed by atoms with E-state index in [9.17, 15) is 4.79 Å². The Labute approximate surface area is 110 Å². The van der Waals surface area contributed by atoms with E-state index in [1.165, 1.54) is 22.5 Å². The molecule has 18 heavy (non-hydrogen) atoms. The molecule has 4 heteroatoms. The van der Waals surface area contributed by atoms with Crippen LogP contribution in [-0.2, 0) is 6.42 Å². The van der Waals surface area contributed by atoms with Crippen LogP contribution in [0, 0.1) is 0 Å². The highest BCUT2D eigenvalue weighted by Crippen LogP contribution is 2.35. The van der Waals surface area contributed by atoms with Crippen LogP contribution in [0.4, 0.5) is 0 Å². The van der Waals surface area contributed by atoms with Crippen molar-refractivity contribution in [2.75, 3.05) is 7.05 Å². The molecular formula is C14H14N2OS. The maximum absolute atomic E-state index is 12.3. The molecule has 3 rings (SSSR count). The zero-order valence-electron chi connectivity index (χ0n) is 10.2. The zero-order valence-corrected chi connectivity index (χ0v) is 11.0. The van der Waals surface area contributed by atoms with Gasteiger partial charge in [-0.1, -0.05) is 24.3 Å². The number of nitrogens with zero attached hydrogens (tertiary/aromatic N) is 2. The van der Waals surface area contributed by atoms with Crippen molar-refractivity contribution in [3.63, 3.8) is 0 Å². The van der Waals surface area contributed by atoms with Crippen molar-refractivity contribution in [3.05, 3.63) is 52.0 Å². The van der Waals surface area contributed by atoms with Gasteiger partial charge in [-0.25, -0.2) is 4.98 Å². The molecule has 1 amide bonds. The lowest BCUT2D eigenvalue weighted by Crippen LogP contribution is -2.30. The van der Waals surface area contributed by atoms with Gasteiger partial charge in [0.2, 0.25) is 0 Å². The van der Waals surface area contributed by atoms with Gasteiger partial charge in [-0.15, -0.1) is 11.3 Å². The van der Waals surface area contributed by atoms with Crippen molar-refractivity contribution in [3.8, 4) is 0 Å². The number of aryl methyl sites for hydroxylation is 1. The molecule has 0 spiro atoms. The summed E-state index contributed by atoms with van der Waals surface area (Å²) in [5, 5.41) is 1.81. The quantitative estimate of drug-likeness (QED) is 0.830. The molecule has 1 aromatic carbocycles. The number of amides is 1. The molecule has 1 atom stereocenters. The summed E-state index contributed by atoms with van der Waals surface area (Å²) < 4.78 is 0. The molecule has 1 heterocycles. The number of fused-ring (bicyclic) bond motifs is 1. The maximum Gasteiger partial charge on any atom is 0.273 e. The van der Waals surface area contributed by atoms with Crippen LogP contribution < -0.4 is 0 Å². The van der Waals surface area contributed by atoms with E-state index >= 15 is 0 Å². The second-order valence-electron chi connectivity index (χ2n) is 4.54. The number of benzene rings is 1. The normalized spacial score (nSPS) is 17.5. The van der Waals surface area contributed by atoms with E-state index in [0.29, 0.717) is 5.69 Å². The number of hydrogen-bond acceptors (Lipinski definition) is 3. The number of hydrogen-bond donors (Lipinski definition) is 0. The third kappa shape index (κ3) is 1.82. The fourth-order valence-electron chi connectivity index (χ4n) is 2.58.